The van der Waals surface area contributed by atoms with E-state index in [-0.39, 0.29) is 30.6 Å². The Labute approximate surface area is 135 Å². The van der Waals surface area contributed by atoms with Crippen LogP contribution in [0.2, 0.25) is 0 Å². The number of carbonyl (C=O) groups excluding carboxylic acids is 1. The van der Waals surface area contributed by atoms with Gasteiger partial charge >= 0.3 is 18.4 Å². The van der Waals surface area contributed by atoms with Crippen LogP contribution in [-0.2, 0) is 28.9 Å². The Kier molecular flexibility index (Phi) is 5.40. The fraction of sp³-hybridized carbons (Fsp3) is 0.667. The van der Waals surface area contributed by atoms with Gasteiger partial charge in [0.25, 0.3) is 0 Å². The molecule has 0 spiro atoms. The number of aliphatic hydroxyl groups is 1. The summed E-state index contributed by atoms with van der Waals surface area (Å²) < 4.78 is 79.0. The van der Waals surface area contributed by atoms with Crippen molar-refractivity contribution in [3.05, 3.63) is 15.4 Å². The van der Waals surface area contributed by atoms with Crippen molar-refractivity contribution in [1.29, 1.82) is 0 Å². The second kappa shape index (κ2) is 6.84. The van der Waals surface area contributed by atoms with Crippen LogP contribution in [0.1, 0.15) is 17.0 Å². The van der Waals surface area contributed by atoms with Crippen LogP contribution in [0.4, 0.5) is 26.3 Å². The van der Waals surface area contributed by atoms with Crippen LogP contribution in [-0.4, -0.2) is 40.8 Å². The van der Waals surface area contributed by atoms with E-state index >= 15 is 0 Å². The van der Waals surface area contributed by atoms with Crippen LogP contribution in [0.5, 0.6) is 0 Å². The van der Waals surface area contributed by atoms with Gasteiger partial charge in [0.05, 0.1) is 12.7 Å². The number of alkyl halides is 6. The van der Waals surface area contributed by atoms with E-state index in [4.69, 9.17) is 5.11 Å². The third-order valence-corrected chi connectivity index (χ3v) is 4.42. The number of amides is 1. The fourth-order valence-corrected chi connectivity index (χ4v) is 3.64. The number of rotatable bonds is 3. The summed E-state index contributed by atoms with van der Waals surface area (Å²) in [6, 6.07) is 0. The Bertz CT molecular complexity index is 676. The van der Waals surface area contributed by atoms with Crippen LogP contribution in [0.15, 0.2) is 4.99 Å². The first-order chi connectivity index (χ1) is 11.0. The zero-order valence-electron chi connectivity index (χ0n) is 11.9. The smallest absolute Gasteiger partial charge is 0.395 e. The maximum Gasteiger partial charge on any atom is 0.522 e. The summed E-state index contributed by atoms with van der Waals surface area (Å²) in [4.78, 5) is 14.1. The summed E-state index contributed by atoms with van der Waals surface area (Å²) in [5.41, 5.74) is 0.463. The first kappa shape index (κ1) is 18.9. The average Bonchev–Trinajstić information content (AvgIpc) is 2.73. The fourth-order valence-electron chi connectivity index (χ4n) is 2.38. The van der Waals surface area contributed by atoms with Gasteiger partial charge in [-0.25, -0.2) is 0 Å². The molecule has 24 heavy (non-hydrogen) atoms. The summed E-state index contributed by atoms with van der Waals surface area (Å²) in [6.45, 7) is -0.528. The topological polar surface area (TPSA) is 63.8 Å². The van der Waals surface area contributed by atoms with E-state index in [1.807, 2.05) is 0 Å². The molecule has 0 saturated heterocycles. The largest absolute Gasteiger partial charge is 0.522 e. The van der Waals surface area contributed by atoms with E-state index in [1.54, 1.807) is 0 Å². The second-order valence-electron chi connectivity index (χ2n) is 4.97. The molecule has 1 amide bonds. The highest BCUT2D eigenvalue weighted by atomic mass is 32.1. The molecule has 1 unspecified atom stereocenters. The molecule has 2 rings (SSSR count). The van der Waals surface area contributed by atoms with Crippen LogP contribution in [0, 0.1) is 0 Å². The van der Waals surface area contributed by atoms with Crippen molar-refractivity contribution in [2.45, 2.75) is 44.4 Å². The van der Waals surface area contributed by atoms with Gasteiger partial charge in [-0.15, -0.1) is 24.5 Å². The number of fused-ring (bicyclic) bond motifs is 1. The highest BCUT2D eigenvalue weighted by Crippen LogP contribution is 2.30. The zero-order valence-corrected chi connectivity index (χ0v) is 12.8. The van der Waals surface area contributed by atoms with E-state index < -0.39 is 31.2 Å². The molecule has 12 heteroatoms. The van der Waals surface area contributed by atoms with Gasteiger partial charge < -0.3 is 9.67 Å². The van der Waals surface area contributed by atoms with Crippen molar-refractivity contribution in [2.75, 3.05) is 6.61 Å². The Balaban J connectivity index is 2.36. The highest BCUT2D eigenvalue weighted by Gasteiger charge is 2.39. The van der Waals surface area contributed by atoms with Gasteiger partial charge in [-0.3, -0.25) is 9.53 Å². The molecule has 0 aliphatic heterocycles. The van der Waals surface area contributed by atoms with Crippen molar-refractivity contribution in [3.8, 4) is 0 Å². The Morgan fingerprint density at radius 2 is 2.00 bits per heavy atom. The zero-order chi connectivity index (χ0) is 18.1. The van der Waals surface area contributed by atoms with E-state index in [0.29, 0.717) is 21.9 Å². The summed E-state index contributed by atoms with van der Waals surface area (Å²) in [6.07, 6.45) is -11.1. The molecular formula is C12H12F6N2O3S. The molecule has 1 aromatic heterocycles. The lowest BCUT2D eigenvalue weighted by molar-refractivity contribution is -0.343. The first-order valence-electron chi connectivity index (χ1n) is 6.74. The molecule has 136 valence electrons. The number of aromatic nitrogens is 1. The molecule has 0 bridgehead atoms. The van der Waals surface area contributed by atoms with Gasteiger partial charge in [0.15, 0.2) is 4.80 Å². The molecule has 1 N–H and O–H groups in total. The molecule has 0 radical (unpaired) electrons. The average molecular weight is 378 g/mol. The molecule has 5 nitrogen and oxygen atoms in total. The van der Waals surface area contributed by atoms with Gasteiger partial charge in [-0.1, -0.05) is 0 Å². The summed E-state index contributed by atoms with van der Waals surface area (Å²) in [5, 5.41) is 9.02. The van der Waals surface area contributed by atoms with Crippen molar-refractivity contribution in [2.24, 2.45) is 4.99 Å². The number of thiazole rings is 1. The lowest BCUT2D eigenvalue weighted by Gasteiger charge is -2.24. The predicted molar refractivity (Wildman–Crippen MR) is 69.0 cm³/mol. The van der Waals surface area contributed by atoms with Crippen LogP contribution in [0.25, 0.3) is 0 Å². The number of hydrogen-bond acceptors (Lipinski definition) is 4. The van der Waals surface area contributed by atoms with Crippen LogP contribution < -0.4 is 4.80 Å². The minimum absolute atomic E-state index is 0.0152. The van der Waals surface area contributed by atoms with E-state index in [0.717, 1.165) is 0 Å². The maximum atomic E-state index is 12.3. The summed E-state index contributed by atoms with van der Waals surface area (Å²) in [5.74, 6) is -2.31. The van der Waals surface area contributed by atoms with Crippen molar-refractivity contribution >= 4 is 17.2 Å². The highest BCUT2D eigenvalue weighted by molar-refractivity contribution is 7.09. The minimum Gasteiger partial charge on any atom is -0.395 e. The Morgan fingerprint density at radius 3 is 2.54 bits per heavy atom. The third-order valence-electron chi connectivity index (χ3n) is 3.27. The minimum atomic E-state index is -5.15. The number of hydrogen-bond donors (Lipinski definition) is 1. The number of nitrogens with zero attached hydrogens (tertiary/aromatic N) is 2. The number of halogens is 6. The number of ether oxygens (including phenoxy) is 1. The van der Waals surface area contributed by atoms with Gasteiger partial charge in [-0.2, -0.15) is 18.2 Å². The molecule has 0 fully saturated rings. The maximum absolute atomic E-state index is 12.3. The third kappa shape index (κ3) is 4.57. The molecule has 0 aromatic carbocycles. The molecule has 1 aromatic rings. The van der Waals surface area contributed by atoms with E-state index in [2.05, 4.69) is 9.73 Å². The first-order valence-corrected chi connectivity index (χ1v) is 7.55. The summed E-state index contributed by atoms with van der Waals surface area (Å²) in [7, 11) is 0. The normalized spacial score (nSPS) is 19.5. The monoisotopic (exact) mass is 378 g/mol. The molecule has 1 aliphatic rings. The Hall–Kier alpha value is -1.40. The van der Waals surface area contributed by atoms with Crippen LogP contribution in [0.3, 0.4) is 0 Å². The second-order valence-corrected chi connectivity index (χ2v) is 6.03. The molecule has 1 atom stereocenters. The van der Waals surface area contributed by atoms with Crippen molar-refractivity contribution in [3.63, 3.8) is 0 Å². The Morgan fingerprint density at radius 1 is 1.33 bits per heavy atom. The molecule has 1 heterocycles. The number of aliphatic hydroxyl groups excluding tert-OH is 1. The van der Waals surface area contributed by atoms with Crippen molar-refractivity contribution in [1.82, 2.24) is 4.57 Å². The molecular weight excluding hydrogens is 366 g/mol. The summed E-state index contributed by atoms with van der Waals surface area (Å²) >= 11 is 0.693. The standard InChI is InChI=1S/C12H12F6N2O3S/c13-11(14,15)9(22)19-10-20(3-4-21)7-2-1-6(5-8(7)24-10)23-12(16,17)18/h6,21H,1-5H2. The lowest BCUT2D eigenvalue weighted by Crippen LogP contribution is -2.30. The van der Waals surface area contributed by atoms with Crippen LogP contribution >= 0.6 is 11.3 Å². The quantitative estimate of drug-likeness (QED) is 0.818. The van der Waals surface area contributed by atoms with Gasteiger partial charge in [0, 0.05) is 23.5 Å². The van der Waals surface area contributed by atoms with Crippen molar-refractivity contribution < 1.29 is 41.0 Å². The number of carbonyl (C=O) groups is 1. The SMILES string of the molecule is O=C(N=c1sc2c(n1CCO)CCC(OC(F)(F)F)C2)C(F)(F)F. The lowest BCUT2D eigenvalue weighted by atomic mass is 10.00. The van der Waals surface area contributed by atoms with E-state index in [9.17, 15) is 31.1 Å². The molecule has 0 saturated carbocycles. The van der Waals surface area contributed by atoms with E-state index in [1.165, 1.54) is 4.57 Å². The predicted octanol–water partition coefficient (Wildman–Crippen LogP) is 1.93. The van der Waals surface area contributed by atoms with Gasteiger partial charge in [-0.05, 0) is 12.8 Å². The van der Waals surface area contributed by atoms with Gasteiger partial charge in [0.1, 0.15) is 0 Å². The molecule has 1 aliphatic carbocycles. The van der Waals surface area contributed by atoms with Gasteiger partial charge in [0.2, 0.25) is 0 Å².